The van der Waals surface area contributed by atoms with Crippen LogP contribution >= 0.6 is 38.7 Å². The predicted octanol–water partition coefficient (Wildman–Crippen LogP) is 3.83. The fourth-order valence-electron chi connectivity index (χ4n) is 1.71. The van der Waals surface area contributed by atoms with Crippen molar-refractivity contribution in [2.45, 2.75) is 11.8 Å². The van der Waals surface area contributed by atoms with Gasteiger partial charge in [-0.15, -0.1) is 0 Å². The molecule has 0 amide bonds. The Labute approximate surface area is 112 Å². The number of thioether (sulfide) groups is 1. The molecule has 16 heavy (non-hydrogen) atoms. The van der Waals surface area contributed by atoms with Crippen LogP contribution in [0, 0.1) is 0 Å². The second-order valence-electron chi connectivity index (χ2n) is 3.69. The van der Waals surface area contributed by atoms with Crippen LogP contribution in [-0.2, 0) is 0 Å². The molecule has 0 aromatic heterocycles. The van der Waals surface area contributed by atoms with Crippen molar-refractivity contribution in [2.24, 2.45) is 0 Å². The monoisotopic (exact) mass is 413 g/mol. The minimum atomic E-state index is -4.23. The number of rotatable bonds is 1. The summed E-state index contributed by atoms with van der Waals surface area (Å²) in [7, 11) is 19.4. The van der Waals surface area contributed by atoms with Crippen molar-refractivity contribution < 1.29 is 0 Å². The average Bonchev–Trinajstić information content (AvgIpc) is 2.13. The Balaban J connectivity index is 2.64. The van der Waals surface area contributed by atoms with Gasteiger partial charge in [-0.2, -0.15) is 0 Å². The van der Waals surface area contributed by atoms with Crippen molar-refractivity contribution >= 4 is 61.4 Å². The summed E-state index contributed by atoms with van der Waals surface area (Å²) in [5.74, 6) is 0. The number of halogens is 3. The predicted molar refractivity (Wildman–Crippen MR) is 79.9 cm³/mol. The topological polar surface area (TPSA) is 12.0 Å². The number of benzene rings is 1. The standard InChI is InChI=1S/C10H12Cl3NSTe/c1-7-6-16(11,12,13)10-4-3-8(15-2)5-9(10)14-7/h3-6,14,16H,1-2H3. The molecule has 0 radical (unpaired) electrons. The van der Waals surface area contributed by atoms with Gasteiger partial charge in [0.25, 0.3) is 0 Å². The van der Waals surface area contributed by atoms with Gasteiger partial charge in [-0.25, -0.2) is 0 Å². The van der Waals surface area contributed by atoms with Gasteiger partial charge in [0, 0.05) is 0 Å². The number of hydrogen-bond donors (Lipinski definition) is 1. The van der Waals surface area contributed by atoms with Crippen molar-refractivity contribution in [2.75, 3.05) is 11.6 Å². The van der Waals surface area contributed by atoms with Crippen LogP contribution in [0.15, 0.2) is 32.9 Å². The van der Waals surface area contributed by atoms with Gasteiger partial charge in [-0.1, -0.05) is 0 Å². The van der Waals surface area contributed by atoms with Gasteiger partial charge in [0.15, 0.2) is 0 Å². The molecular formula is C10H12Cl3NSTe. The summed E-state index contributed by atoms with van der Waals surface area (Å²) in [6.45, 7) is 1.92. The molecule has 0 bridgehead atoms. The van der Waals surface area contributed by atoms with E-state index in [0.717, 1.165) is 19.9 Å². The number of hydrogen-bond acceptors (Lipinski definition) is 2. The Bertz CT molecular complexity index is 479. The second kappa shape index (κ2) is 4.16. The molecule has 90 valence electrons. The van der Waals surface area contributed by atoms with E-state index in [9.17, 15) is 0 Å². The number of anilines is 1. The maximum atomic E-state index is 6.46. The zero-order chi connectivity index (χ0) is 12.0. The van der Waals surface area contributed by atoms with Gasteiger partial charge >= 0.3 is 113 Å². The zero-order valence-corrected chi connectivity index (χ0v) is 14.4. The third-order valence-electron chi connectivity index (χ3n) is 2.35. The van der Waals surface area contributed by atoms with Crippen LogP contribution in [-0.4, -0.2) is 19.7 Å². The summed E-state index contributed by atoms with van der Waals surface area (Å²) in [6.07, 6.45) is 2.03. The van der Waals surface area contributed by atoms with Crippen molar-refractivity contribution in [1.82, 2.24) is 0 Å². The molecule has 0 aliphatic carbocycles. The molecule has 1 aromatic carbocycles. The first-order chi connectivity index (χ1) is 7.30. The number of nitrogens with one attached hydrogen (secondary N) is 1. The van der Waals surface area contributed by atoms with E-state index < -0.39 is 13.4 Å². The molecular weight excluding hydrogens is 400 g/mol. The maximum absolute atomic E-state index is 6.46. The summed E-state index contributed by atoms with van der Waals surface area (Å²) in [5.41, 5.74) is 1.86. The summed E-state index contributed by atoms with van der Waals surface area (Å²) in [4.78, 5) is 1.16. The van der Waals surface area contributed by atoms with Crippen LogP contribution in [0.4, 0.5) is 5.69 Å². The van der Waals surface area contributed by atoms with Gasteiger partial charge in [0.05, 0.1) is 0 Å². The molecule has 0 saturated carbocycles. The molecule has 0 unspecified atom stereocenters. The summed E-state index contributed by atoms with van der Waals surface area (Å²) >= 11 is -2.55. The van der Waals surface area contributed by atoms with Crippen molar-refractivity contribution in [3.63, 3.8) is 0 Å². The fourth-order valence-corrected chi connectivity index (χ4v) is 12.9. The molecule has 1 aromatic rings. The minimum absolute atomic E-state index is 0.862. The van der Waals surface area contributed by atoms with Crippen LogP contribution in [0.1, 0.15) is 6.92 Å². The summed E-state index contributed by atoms with van der Waals surface area (Å²) in [5, 5.41) is 3.26. The second-order valence-corrected chi connectivity index (χ2v) is 29.2. The van der Waals surface area contributed by atoms with Gasteiger partial charge in [0.1, 0.15) is 0 Å². The normalized spacial score (nSPS) is 23.3. The van der Waals surface area contributed by atoms with E-state index in [0.29, 0.717) is 0 Å². The van der Waals surface area contributed by atoms with Crippen LogP contribution in [0.2, 0.25) is 0 Å². The molecule has 0 spiro atoms. The number of fused-ring (bicyclic) bond motifs is 1. The van der Waals surface area contributed by atoms with Crippen LogP contribution < -0.4 is 8.93 Å². The Kier molecular flexibility index (Phi) is 3.43. The van der Waals surface area contributed by atoms with Crippen molar-refractivity contribution in [1.29, 1.82) is 0 Å². The molecule has 0 fully saturated rings. The fraction of sp³-hybridized carbons (Fsp3) is 0.200. The van der Waals surface area contributed by atoms with Gasteiger partial charge in [-0.05, 0) is 0 Å². The van der Waals surface area contributed by atoms with E-state index in [1.54, 1.807) is 15.9 Å². The molecule has 1 aliphatic heterocycles. The van der Waals surface area contributed by atoms with Crippen molar-refractivity contribution in [3.8, 4) is 0 Å². The molecule has 1 N–H and O–H groups in total. The van der Waals surface area contributed by atoms with E-state index >= 15 is 0 Å². The number of allylic oxidation sites excluding steroid dienone is 1. The van der Waals surface area contributed by atoms with Crippen LogP contribution in [0.3, 0.4) is 0 Å². The first-order valence-electron chi connectivity index (χ1n) is 4.63. The van der Waals surface area contributed by atoms with Gasteiger partial charge in [0.2, 0.25) is 0 Å². The van der Waals surface area contributed by atoms with E-state index in [1.807, 2.05) is 31.4 Å². The summed E-state index contributed by atoms with van der Waals surface area (Å²) < 4.78 is 2.67. The Morgan fingerprint density at radius 2 is 1.94 bits per heavy atom. The molecule has 6 heteroatoms. The molecule has 2 rings (SSSR count). The van der Waals surface area contributed by atoms with Crippen LogP contribution in [0.5, 0.6) is 0 Å². The first kappa shape index (κ1) is 13.2. The zero-order valence-electron chi connectivity index (χ0n) is 8.80. The quantitative estimate of drug-likeness (QED) is 0.556. The van der Waals surface area contributed by atoms with Gasteiger partial charge in [-0.3, -0.25) is 0 Å². The van der Waals surface area contributed by atoms with E-state index in [-0.39, 0.29) is 0 Å². The third kappa shape index (κ3) is 2.46. The third-order valence-corrected chi connectivity index (χ3v) is 14.5. The Morgan fingerprint density at radius 3 is 2.56 bits per heavy atom. The Morgan fingerprint density at radius 1 is 1.25 bits per heavy atom. The molecule has 0 saturated heterocycles. The van der Waals surface area contributed by atoms with E-state index in [1.165, 1.54) is 0 Å². The van der Waals surface area contributed by atoms with E-state index in [2.05, 4.69) is 5.32 Å². The molecule has 1 aliphatic rings. The van der Waals surface area contributed by atoms with Crippen LogP contribution in [0.25, 0.3) is 0 Å². The molecule has 0 atom stereocenters. The molecule has 1 nitrogen and oxygen atoms in total. The van der Waals surface area contributed by atoms with E-state index in [4.69, 9.17) is 26.9 Å². The average molecular weight is 412 g/mol. The molecule has 1 heterocycles. The van der Waals surface area contributed by atoms with Crippen molar-refractivity contribution in [3.05, 3.63) is 28.0 Å². The first-order valence-corrected chi connectivity index (χ1v) is 18.3. The SMILES string of the molecule is CSc1ccc2c(c1)NC(C)=C[TeH]2(Cl)(Cl)Cl. The summed E-state index contributed by atoms with van der Waals surface area (Å²) in [6, 6.07) is 5.97. The Hall–Kier alpha value is 0.770. The van der Waals surface area contributed by atoms with Gasteiger partial charge < -0.3 is 0 Å².